The van der Waals surface area contributed by atoms with Gasteiger partial charge in [-0.1, -0.05) is 39.8 Å². The second kappa shape index (κ2) is 15.3. The summed E-state index contributed by atoms with van der Waals surface area (Å²) < 4.78 is 14.5. The summed E-state index contributed by atoms with van der Waals surface area (Å²) in [7, 11) is 2.26. The smallest absolute Gasteiger partial charge is 0.244 e. The molecule has 1 unspecified atom stereocenters. The van der Waals surface area contributed by atoms with Gasteiger partial charge in [0.25, 0.3) is 0 Å². The number of benzene rings is 1. The fourth-order valence-corrected chi connectivity index (χ4v) is 7.45. The van der Waals surface area contributed by atoms with Crippen LogP contribution >= 0.6 is 11.6 Å². The molecule has 1 aromatic heterocycles. The summed E-state index contributed by atoms with van der Waals surface area (Å²) in [5.41, 5.74) is 3.61. The Bertz CT molecular complexity index is 1250. The maximum atomic E-state index is 14.5. The standard InChI is InChI=1S/C35H55ClFN7/c1-9-11-17-41(8)18-12-13-32(25(3)4)43-23-35(24-43)16-19-42(22-35)33-31(39-40-34(36)38-33)20-28-14-15-29(37)21-30(28)27(7)44(10-2)26(5)6/h14-15,21,25-26,32H,7,9-13,16-20,22-24H2,1-6,8H3. The first kappa shape index (κ1) is 34.6. The Labute approximate surface area is 270 Å². The third kappa shape index (κ3) is 8.29. The molecule has 9 heteroatoms. The molecule has 4 rings (SSSR count). The van der Waals surface area contributed by atoms with Gasteiger partial charge in [-0.2, -0.15) is 4.98 Å². The van der Waals surface area contributed by atoms with Crippen molar-refractivity contribution < 1.29 is 4.39 Å². The molecule has 1 spiro atoms. The number of unbranched alkanes of at least 4 members (excludes halogenated alkanes) is 1. The first-order valence-electron chi connectivity index (χ1n) is 16.8. The minimum Gasteiger partial charge on any atom is -0.369 e. The highest BCUT2D eigenvalue weighted by atomic mass is 35.5. The number of anilines is 1. The summed E-state index contributed by atoms with van der Waals surface area (Å²) in [6.45, 7) is 25.0. The van der Waals surface area contributed by atoms with Gasteiger partial charge in [-0.05, 0) is 102 Å². The normalized spacial score (nSPS) is 17.2. The molecule has 0 saturated carbocycles. The van der Waals surface area contributed by atoms with Crippen LogP contribution in [-0.2, 0) is 6.42 Å². The fourth-order valence-electron chi connectivity index (χ4n) is 7.33. The highest BCUT2D eigenvalue weighted by molar-refractivity contribution is 6.28. The van der Waals surface area contributed by atoms with Crippen molar-refractivity contribution in [1.82, 2.24) is 29.9 Å². The highest BCUT2D eigenvalue weighted by Crippen LogP contribution is 2.44. The van der Waals surface area contributed by atoms with Gasteiger partial charge in [0.15, 0.2) is 5.82 Å². The lowest BCUT2D eigenvalue weighted by Gasteiger charge is -2.53. The number of aromatic nitrogens is 3. The summed E-state index contributed by atoms with van der Waals surface area (Å²) in [6.07, 6.45) is 6.64. The Hall–Kier alpha value is -2.29. The Morgan fingerprint density at radius 1 is 1.09 bits per heavy atom. The average molecular weight is 628 g/mol. The van der Waals surface area contributed by atoms with Crippen molar-refractivity contribution in [2.75, 3.05) is 57.8 Å². The molecule has 0 amide bonds. The molecule has 244 valence electrons. The number of hydrogen-bond donors (Lipinski definition) is 0. The van der Waals surface area contributed by atoms with Crippen LogP contribution in [0.25, 0.3) is 5.70 Å². The second-order valence-corrected chi connectivity index (χ2v) is 14.2. The maximum Gasteiger partial charge on any atom is 0.244 e. The van der Waals surface area contributed by atoms with Crippen LogP contribution in [0.1, 0.15) is 90.5 Å². The van der Waals surface area contributed by atoms with Crippen molar-refractivity contribution in [3.05, 3.63) is 52.7 Å². The van der Waals surface area contributed by atoms with Gasteiger partial charge in [-0.15, -0.1) is 10.2 Å². The van der Waals surface area contributed by atoms with E-state index < -0.39 is 0 Å². The molecule has 2 aliphatic rings. The first-order valence-corrected chi connectivity index (χ1v) is 17.2. The van der Waals surface area contributed by atoms with Crippen molar-refractivity contribution in [3.8, 4) is 0 Å². The van der Waals surface area contributed by atoms with E-state index in [1.807, 2.05) is 6.07 Å². The van der Waals surface area contributed by atoms with E-state index in [0.717, 1.165) is 67.5 Å². The number of nitrogens with zero attached hydrogens (tertiary/aromatic N) is 7. The number of hydrogen-bond acceptors (Lipinski definition) is 7. The molecule has 44 heavy (non-hydrogen) atoms. The van der Waals surface area contributed by atoms with Gasteiger partial charge >= 0.3 is 0 Å². The zero-order chi connectivity index (χ0) is 32.0. The van der Waals surface area contributed by atoms with Crippen molar-refractivity contribution in [2.24, 2.45) is 11.3 Å². The Balaban J connectivity index is 1.45. The van der Waals surface area contributed by atoms with Crippen molar-refractivity contribution in [3.63, 3.8) is 0 Å². The topological polar surface area (TPSA) is 51.6 Å². The molecule has 1 aromatic carbocycles. The zero-order valence-electron chi connectivity index (χ0n) is 28.3. The van der Waals surface area contributed by atoms with E-state index in [-0.39, 0.29) is 22.6 Å². The van der Waals surface area contributed by atoms with Crippen molar-refractivity contribution in [1.29, 1.82) is 0 Å². The lowest BCUT2D eigenvalue weighted by Crippen LogP contribution is -2.62. The van der Waals surface area contributed by atoms with E-state index >= 15 is 0 Å². The molecule has 2 aliphatic heterocycles. The monoisotopic (exact) mass is 627 g/mol. The lowest BCUT2D eigenvalue weighted by atomic mass is 9.76. The van der Waals surface area contributed by atoms with Gasteiger partial charge in [0.1, 0.15) is 11.5 Å². The molecule has 0 bridgehead atoms. The predicted molar refractivity (Wildman–Crippen MR) is 182 cm³/mol. The molecule has 7 nitrogen and oxygen atoms in total. The van der Waals surface area contributed by atoms with Crippen LogP contribution in [0.5, 0.6) is 0 Å². The minimum absolute atomic E-state index is 0.157. The second-order valence-electron chi connectivity index (χ2n) is 13.8. The van der Waals surface area contributed by atoms with Crippen LogP contribution < -0.4 is 4.90 Å². The fraction of sp³-hybridized carbons (Fsp3) is 0.686. The number of halogens is 2. The van der Waals surface area contributed by atoms with E-state index in [9.17, 15) is 4.39 Å². The van der Waals surface area contributed by atoms with Gasteiger partial charge in [0.2, 0.25) is 5.28 Å². The van der Waals surface area contributed by atoms with E-state index in [2.05, 4.69) is 85.0 Å². The van der Waals surface area contributed by atoms with Gasteiger partial charge in [-0.25, -0.2) is 4.39 Å². The predicted octanol–water partition coefficient (Wildman–Crippen LogP) is 7.00. The van der Waals surface area contributed by atoms with Crippen molar-refractivity contribution in [2.45, 2.75) is 92.2 Å². The molecule has 2 saturated heterocycles. The lowest BCUT2D eigenvalue weighted by molar-refractivity contribution is -0.0344. The zero-order valence-corrected chi connectivity index (χ0v) is 29.0. The largest absolute Gasteiger partial charge is 0.369 e. The molecular weight excluding hydrogens is 573 g/mol. The minimum atomic E-state index is -0.274. The van der Waals surface area contributed by atoms with E-state index in [4.69, 9.17) is 16.6 Å². The maximum absolute atomic E-state index is 14.5. The van der Waals surface area contributed by atoms with Crippen LogP contribution in [0.15, 0.2) is 24.8 Å². The number of likely N-dealkylation sites (tertiary alicyclic amines) is 1. The summed E-state index contributed by atoms with van der Waals surface area (Å²) in [6, 6.07) is 5.81. The first-order chi connectivity index (χ1) is 21.0. The molecule has 3 heterocycles. The van der Waals surface area contributed by atoms with Gasteiger partial charge in [-0.3, -0.25) is 4.90 Å². The summed E-state index contributed by atoms with van der Waals surface area (Å²) >= 11 is 6.32. The summed E-state index contributed by atoms with van der Waals surface area (Å²) in [4.78, 5) is 14.4. The van der Waals surface area contributed by atoms with Crippen LogP contribution in [0, 0.1) is 17.2 Å². The quantitative estimate of drug-likeness (QED) is 0.199. The molecule has 0 radical (unpaired) electrons. The summed E-state index contributed by atoms with van der Waals surface area (Å²) in [5.74, 6) is 1.17. The SMILES string of the molecule is C=C(c1cc(F)ccc1Cc1nnc(Cl)nc1N1CCC2(C1)CN(C(CCCN(C)CCCC)C(C)C)C2)N(CC)C(C)C. The molecule has 1 atom stereocenters. The molecule has 2 aromatic rings. The molecule has 2 fully saturated rings. The molecule has 0 N–H and O–H groups in total. The number of rotatable bonds is 16. The third-order valence-corrected chi connectivity index (χ3v) is 9.91. The van der Waals surface area contributed by atoms with E-state index in [0.29, 0.717) is 18.4 Å². The van der Waals surface area contributed by atoms with Gasteiger partial charge in [0.05, 0.1) is 0 Å². The van der Waals surface area contributed by atoms with Crippen LogP contribution in [0.4, 0.5) is 10.2 Å². The van der Waals surface area contributed by atoms with Crippen LogP contribution in [0.2, 0.25) is 5.28 Å². The highest BCUT2D eigenvalue weighted by Gasteiger charge is 2.50. The van der Waals surface area contributed by atoms with Crippen LogP contribution in [0.3, 0.4) is 0 Å². The van der Waals surface area contributed by atoms with Crippen LogP contribution in [-0.4, -0.2) is 94.8 Å². The average Bonchev–Trinajstić information content (AvgIpc) is 3.41. The van der Waals surface area contributed by atoms with E-state index in [1.54, 1.807) is 6.07 Å². The molecule has 0 aliphatic carbocycles. The van der Waals surface area contributed by atoms with Crippen molar-refractivity contribution >= 4 is 23.1 Å². The van der Waals surface area contributed by atoms with Gasteiger partial charge in [0, 0.05) is 67.9 Å². The Kier molecular flexibility index (Phi) is 12.0. The Morgan fingerprint density at radius 3 is 2.48 bits per heavy atom. The third-order valence-electron chi connectivity index (χ3n) is 9.75. The Morgan fingerprint density at radius 2 is 1.82 bits per heavy atom. The molecular formula is C35H55ClFN7. The summed E-state index contributed by atoms with van der Waals surface area (Å²) in [5, 5.41) is 8.81. The van der Waals surface area contributed by atoms with E-state index in [1.165, 1.54) is 44.8 Å². The van der Waals surface area contributed by atoms with Gasteiger partial charge < -0.3 is 14.7 Å².